The van der Waals surface area contributed by atoms with E-state index in [2.05, 4.69) is 14.5 Å². The van der Waals surface area contributed by atoms with Crippen molar-refractivity contribution in [1.29, 1.82) is 0 Å². The van der Waals surface area contributed by atoms with Crippen molar-refractivity contribution in [3.05, 3.63) is 53.1 Å². The molecule has 1 aromatic carbocycles. The lowest BCUT2D eigenvalue weighted by molar-refractivity contribution is -0.136. The van der Waals surface area contributed by atoms with Gasteiger partial charge < -0.3 is 14.4 Å². The number of carbonyl (C=O) groups is 1. The molecule has 1 atom stereocenters. The van der Waals surface area contributed by atoms with Gasteiger partial charge in [-0.15, -0.1) is 0 Å². The van der Waals surface area contributed by atoms with E-state index in [1.165, 1.54) is 23.9 Å². The van der Waals surface area contributed by atoms with Crippen molar-refractivity contribution in [2.24, 2.45) is 0 Å². The number of carboxylic acid groups (broad SMARTS) is 1. The number of aliphatic carboxylic acids is 1. The molecule has 0 spiro atoms. The number of thioether (sulfide) groups is 1. The van der Waals surface area contributed by atoms with Crippen LogP contribution in [0, 0.1) is 5.82 Å². The van der Waals surface area contributed by atoms with Gasteiger partial charge in [0.2, 0.25) is 0 Å². The second kappa shape index (κ2) is 8.08. The maximum atomic E-state index is 13.8. The van der Waals surface area contributed by atoms with E-state index < -0.39 is 36.8 Å². The molecular weight excluding hydrogens is 443 g/mol. The Balaban J connectivity index is 1.41. The van der Waals surface area contributed by atoms with Crippen LogP contribution in [-0.2, 0) is 21.7 Å². The Bertz CT molecular complexity index is 1200. The molecule has 3 aromatic rings. The van der Waals surface area contributed by atoms with Crippen LogP contribution in [0.3, 0.4) is 0 Å². The van der Waals surface area contributed by atoms with Crippen molar-refractivity contribution < 1.29 is 27.8 Å². The lowest BCUT2D eigenvalue weighted by Gasteiger charge is -2.08. The van der Waals surface area contributed by atoms with Crippen LogP contribution in [0.4, 0.5) is 13.2 Å². The highest BCUT2D eigenvalue weighted by molar-refractivity contribution is 7.98. The van der Waals surface area contributed by atoms with Gasteiger partial charge in [0.25, 0.3) is 5.92 Å². The van der Waals surface area contributed by atoms with Crippen LogP contribution in [0.25, 0.3) is 11.0 Å². The van der Waals surface area contributed by atoms with Crippen molar-refractivity contribution >= 4 is 28.8 Å². The van der Waals surface area contributed by atoms with Crippen LogP contribution < -0.4 is 0 Å². The Kier molecular flexibility index (Phi) is 5.37. The van der Waals surface area contributed by atoms with Gasteiger partial charge in [0, 0.05) is 30.0 Å². The van der Waals surface area contributed by atoms with E-state index in [1.807, 2.05) is 6.20 Å². The molecule has 1 saturated heterocycles. The van der Waals surface area contributed by atoms with Gasteiger partial charge in [-0.3, -0.25) is 4.79 Å². The van der Waals surface area contributed by atoms with E-state index in [-0.39, 0.29) is 12.0 Å². The molecule has 1 saturated carbocycles. The highest BCUT2D eigenvalue weighted by Crippen LogP contribution is 2.44. The highest BCUT2D eigenvalue weighted by Gasteiger charge is 2.43. The van der Waals surface area contributed by atoms with E-state index in [9.17, 15) is 18.0 Å². The molecule has 0 amide bonds. The van der Waals surface area contributed by atoms with Crippen molar-refractivity contribution in [2.45, 2.75) is 54.7 Å². The third-order valence-electron chi connectivity index (χ3n) is 5.66. The first-order valence-electron chi connectivity index (χ1n) is 10.3. The summed E-state index contributed by atoms with van der Waals surface area (Å²) in [6.07, 6.45) is 4.17. The molecule has 1 aliphatic carbocycles. The standard InChI is InChI=1S/C22H20F3N3O3S/c23-16-4-1-12(5-13(16)6-19(29)30)10-32-21-26-8-17-20(27-21)15(9-28(17)14-2-3-14)18-7-22(24,25)11-31-18/h1,4-5,8-9,14,18H,2-3,6-7,10-11H2,(H,29,30). The second-order valence-corrected chi connectivity index (χ2v) is 9.20. The average Bonchev–Trinajstić information content (AvgIpc) is 3.42. The number of rotatable bonds is 7. The number of nitrogens with zero attached hydrogens (tertiary/aromatic N) is 3. The summed E-state index contributed by atoms with van der Waals surface area (Å²) in [5, 5.41) is 9.39. The molecule has 32 heavy (non-hydrogen) atoms. The molecule has 5 rings (SSSR count). The number of ether oxygens (including phenoxy) is 1. The molecule has 2 aromatic heterocycles. The van der Waals surface area contributed by atoms with Crippen LogP contribution in [0.15, 0.2) is 35.7 Å². The predicted octanol–water partition coefficient (Wildman–Crippen LogP) is 4.92. The van der Waals surface area contributed by atoms with Crippen molar-refractivity contribution in [3.8, 4) is 0 Å². The van der Waals surface area contributed by atoms with Crippen molar-refractivity contribution in [3.63, 3.8) is 0 Å². The first-order valence-corrected chi connectivity index (χ1v) is 11.3. The van der Waals surface area contributed by atoms with E-state index in [4.69, 9.17) is 9.84 Å². The molecule has 1 unspecified atom stereocenters. The van der Waals surface area contributed by atoms with Crippen LogP contribution in [-0.4, -0.2) is 38.1 Å². The third kappa shape index (κ3) is 4.33. The molecule has 2 aliphatic rings. The SMILES string of the molecule is O=C(O)Cc1cc(CSc2ncc3c(n2)c(C2CC(F)(F)CO2)cn3C2CC2)ccc1F. The van der Waals surface area contributed by atoms with Crippen molar-refractivity contribution in [2.75, 3.05) is 6.61 Å². The van der Waals surface area contributed by atoms with Gasteiger partial charge >= 0.3 is 5.97 Å². The summed E-state index contributed by atoms with van der Waals surface area (Å²) in [5.74, 6) is -4.10. The predicted molar refractivity (Wildman–Crippen MR) is 111 cm³/mol. The van der Waals surface area contributed by atoms with E-state index in [0.29, 0.717) is 28.0 Å². The Hall–Kier alpha value is -2.59. The Morgan fingerprint density at radius 2 is 2.16 bits per heavy atom. The van der Waals surface area contributed by atoms with Gasteiger partial charge in [-0.2, -0.15) is 0 Å². The zero-order chi connectivity index (χ0) is 22.5. The van der Waals surface area contributed by atoms with E-state index in [1.54, 1.807) is 12.3 Å². The lowest BCUT2D eigenvalue weighted by atomic mass is 10.1. The lowest BCUT2D eigenvalue weighted by Crippen LogP contribution is -2.14. The number of halogens is 3. The number of hydrogen-bond donors (Lipinski definition) is 1. The topological polar surface area (TPSA) is 77.2 Å². The fourth-order valence-corrected chi connectivity index (χ4v) is 4.74. The number of hydrogen-bond acceptors (Lipinski definition) is 5. The largest absolute Gasteiger partial charge is 0.481 e. The maximum absolute atomic E-state index is 13.8. The first-order chi connectivity index (χ1) is 15.3. The van der Waals surface area contributed by atoms with Gasteiger partial charge in [-0.05, 0) is 30.0 Å². The zero-order valence-corrected chi connectivity index (χ0v) is 17.7. The summed E-state index contributed by atoms with van der Waals surface area (Å²) >= 11 is 1.32. The number of alkyl halides is 2. The van der Waals surface area contributed by atoms with E-state index >= 15 is 0 Å². The molecule has 1 aliphatic heterocycles. The average molecular weight is 463 g/mol. The minimum absolute atomic E-state index is 0.120. The fraction of sp³-hybridized carbons (Fsp3) is 0.409. The molecule has 10 heteroatoms. The van der Waals surface area contributed by atoms with Crippen LogP contribution >= 0.6 is 11.8 Å². The number of aromatic nitrogens is 3. The molecule has 0 radical (unpaired) electrons. The quantitative estimate of drug-likeness (QED) is 0.396. The molecule has 6 nitrogen and oxygen atoms in total. The summed E-state index contributed by atoms with van der Waals surface area (Å²) < 4.78 is 48.8. The number of benzene rings is 1. The van der Waals surface area contributed by atoms with Gasteiger partial charge in [0.15, 0.2) is 5.16 Å². The van der Waals surface area contributed by atoms with Crippen molar-refractivity contribution in [1.82, 2.24) is 14.5 Å². The zero-order valence-electron chi connectivity index (χ0n) is 16.9. The molecule has 168 valence electrons. The minimum Gasteiger partial charge on any atom is -0.481 e. The van der Waals surface area contributed by atoms with Gasteiger partial charge in [0.05, 0.1) is 29.8 Å². The van der Waals surface area contributed by atoms with Crippen LogP contribution in [0.1, 0.15) is 48.1 Å². The Morgan fingerprint density at radius 1 is 1.34 bits per heavy atom. The van der Waals surface area contributed by atoms with Crippen LogP contribution in [0.5, 0.6) is 0 Å². The summed E-state index contributed by atoms with van der Waals surface area (Å²) in [5.41, 5.74) is 2.93. The molecular formula is C22H20F3N3O3S. The molecule has 1 N–H and O–H groups in total. The minimum atomic E-state index is -2.85. The summed E-state index contributed by atoms with van der Waals surface area (Å²) in [6, 6.07) is 4.71. The Morgan fingerprint density at radius 3 is 2.84 bits per heavy atom. The fourth-order valence-electron chi connectivity index (χ4n) is 3.98. The molecule has 0 bridgehead atoms. The smallest absolute Gasteiger partial charge is 0.307 e. The third-order valence-corrected chi connectivity index (χ3v) is 6.60. The normalized spacial score (nSPS) is 20.2. The van der Waals surface area contributed by atoms with E-state index in [0.717, 1.165) is 23.9 Å². The number of carboxylic acids is 1. The summed E-state index contributed by atoms with van der Waals surface area (Å²) in [6.45, 7) is -0.594. The number of fused-ring (bicyclic) bond motifs is 1. The van der Waals surface area contributed by atoms with Crippen LogP contribution in [0.2, 0.25) is 0 Å². The summed E-state index contributed by atoms with van der Waals surface area (Å²) in [4.78, 5) is 20.0. The molecule has 3 heterocycles. The van der Waals surface area contributed by atoms with Gasteiger partial charge in [0.1, 0.15) is 12.4 Å². The van der Waals surface area contributed by atoms with Gasteiger partial charge in [-0.25, -0.2) is 23.1 Å². The Labute approximate surface area is 185 Å². The highest BCUT2D eigenvalue weighted by atomic mass is 32.2. The summed E-state index contributed by atoms with van der Waals surface area (Å²) in [7, 11) is 0. The monoisotopic (exact) mass is 463 g/mol. The maximum Gasteiger partial charge on any atom is 0.307 e. The first kappa shape index (κ1) is 21.3. The van der Waals surface area contributed by atoms with Gasteiger partial charge in [-0.1, -0.05) is 23.9 Å². The molecule has 2 fully saturated rings. The second-order valence-electron chi connectivity index (χ2n) is 8.25.